The summed E-state index contributed by atoms with van der Waals surface area (Å²) in [7, 11) is 0. The number of hydrogen-bond donors (Lipinski definition) is 0. The van der Waals surface area contributed by atoms with E-state index in [1.165, 1.54) is 10.8 Å². The van der Waals surface area contributed by atoms with E-state index in [2.05, 4.69) is 33.8 Å². The molecule has 0 spiro atoms. The first-order valence-electron chi connectivity index (χ1n) is 6.42. The molecule has 0 aliphatic carbocycles. The third kappa shape index (κ3) is 2.60. The van der Waals surface area contributed by atoms with Crippen molar-refractivity contribution in [2.24, 2.45) is 0 Å². The molecule has 0 aliphatic heterocycles. The number of fused-ring (bicyclic) bond motifs is 1. The Labute approximate surface area is 112 Å². The van der Waals surface area contributed by atoms with Crippen molar-refractivity contribution < 1.29 is 4.74 Å². The normalized spacial score (nSPS) is 10.8. The quantitative estimate of drug-likeness (QED) is 0.711. The van der Waals surface area contributed by atoms with Crippen LogP contribution in [0.5, 0.6) is 5.75 Å². The zero-order valence-corrected chi connectivity index (χ0v) is 10.9. The highest BCUT2D eigenvalue weighted by Crippen LogP contribution is 2.20. The number of aryl methyl sites for hydroxylation is 1. The van der Waals surface area contributed by atoms with Gasteiger partial charge in [-0.1, -0.05) is 30.3 Å². The summed E-state index contributed by atoms with van der Waals surface area (Å²) in [6.45, 7) is 3.46. The number of nitrogens with zero attached hydrogens (tertiary/aromatic N) is 2. The molecule has 96 valence electrons. The highest BCUT2D eigenvalue weighted by Gasteiger charge is 1.99. The Morgan fingerprint density at radius 3 is 2.74 bits per heavy atom. The summed E-state index contributed by atoms with van der Waals surface area (Å²) in [6.07, 6.45) is 3.78. The Morgan fingerprint density at radius 1 is 1.11 bits per heavy atom. The van der Waals surface area contributed by atoms with Crippen molar-refractivity contribution >= 4 is 10.8 Å². The predicted molar refractivity (Wildman–Crippen MR) is 76.4 cm³/mol. The minimum atomic E-state index is 0.648. The average molecular weight is 252 g/mol. The highest BCUT2D eigenvalue weighted by atomic mass is 16.5. The molecule has 2 aromatic carbocycles. The minimum Gasteiger partial charge on any atom is -0.492 e. The zero-order chi connectivity index (χ0) is 13.1. The lowest BCUT2D eigenvalue weighted by atomic mass is 10.1. The number of aromatic nitrogens is 2. The molecule has 19 heavy (non-hydrogen) atoms. The van der Waals surface area contributed by atoms with E-state index in [1.54, 1.807) is 0 Å². The maximum Gasteiger partial charge on any atom is 0.120 e. The Kier molecular flexibility index (Phi) is 3.19. The van der Waals surface area contributed by atoms with Crippen LogP contribution in [0, 0.1) is 6.92 Å². The van der Waals surface area contributed by atoms with Gasteiger partial charge in [0.15, 0.2) is 0 Å². The molecule has 0 N–H and O–H groups in total. The fourth-order valence-corrected chi connectivity index (χ4v) is 2.16. The van der Waals surface area contributed by atoms with Gasteiger partial charge in [0.1, 0.15) is 18.2 Å². The molecular weight excluding hydrogens is 236 g/mol. The summed E-state index contributed by atoms with van der Waals surface area (Å²) in [5.74, 6) is 1.93. The molecule has 3 aromatic rings. The van der Waals surface area contributed by atoms with Crippen molar-refractivity contribution in [2.45, 2.75) is 13.5 Å². The number of hydrogen-bond acceptors (Lipinski definition) is 2. The van der Waals surface area contributed by atoms with Crippen LogP contribution in [-0.2, 0) is 6.54 Å². The summed E-state index contributed by atoms with van der Waals surface area (Å²) in [4.78, 5) is 4.19. The summed E-state index contributed by atoms with van der Waals surface area (Å²) in [5, 5.41) is 2.44. The van der Waals surface area contributed by atoms with Crippen LogP contribution in [0.3, 0.4) is 0 Å². The molecule has 3 heteroatoms. The van der Waals surface area contributed by atoms with Gasteiger partial charge in [-0.3, -0.25) is 0 Å². The molecule has 0 unspecified atom stereocenters. The van der Waals surface area contributed by atoms with Crippen LogP contribution in [0.15, 0.2) is 54.9 Å². The Balaban J connectivity index is 1.67. The summed E-state index contributed by atoms with van der Waals surface area (Å²) < 4.78 is 7.88. The first kappa shape index (κ1) is 11.8. The molecule has 0 atom stereocenters. The number of imidazole rings is 1. The fraction of sp³-hybridized carbons (Fsp3) is 0.188. The molecule has 0 amide bonds. The number of rotatable bonds is 4. The Morgan fingerprint density at radius 2 is 1.95 bits per heavy atom. The lowest BCUT2D eigenvalue weighted by Crippen LogP contribution is -2.08. The van der Waals surface area contributed by atoms with Gasteiger partial charge in [-0.15, -0.1) is 0 Å². The van der Waals surface area contributed by atoms with E-state index < -0.39 is 0 Å². The van der Waals surface area contributed by atoms with Gasteiger partial charge in [-0.2, -0.15) is 0 Å². The molecule has 0 aliphatic rings. The summed E-state index contributed by atoms with van der Waals surface area (Å²) in [6, 6.07) is 14.5. The van der Waals surface area contributed by atoms with E-state index >= 15 is 0 Å². The molecule has 3 rings (SSSR count). The maximum absolute atomic E-state index is 5.79. The van der Waals surface area contributed by atoms with Crippen LogP contribution in [0.25, 0.3) is 10.8 Å². The Bertz CT molecular complexity index is 688. The van der Waals surface area contributed by atoms with Crippen LogP contribution in [-0.4, -0.2) is 16.2 Å². The highest BCUT2D eigenvalue weighted by molar-refractivity contribution is 5.83. The molecule has 0 saturated carbocycles. The first-order valence-corrected chi connectivity index (χ1v) is 6.42. The van der Waals surface area contributed by atoms with E-state index in [4.69, 9.17) is 4.74 Å². The second-order valence-electron chi connectivity index (χ2n) is 4.53. The van der Waals surface area contributed by atoms with Crippen LogP contribution < -0.4 is 4.74 Å². The maximum atomic E-state index is 5.79. The molecule has 0 saturated heterocycles. The monoisotopic (exact) mass is 252 g/mol. The summed E-state index contributed by atoms with van der Waals surface area (Å²) in [5.41, 5.74) is 0. The topological polar surface area (TPSA) is 27.1 Å². The predicted octanol–water partition coefficient (Wildman–Crippen LogP) is 3.42. The van der Waals surface area contributed by atoms with Crippen LogP contribution in [0.1, 0.15) is 5.82 Å². The average Bonchev–Trinajstić information content (AvgIpc) is 2.84. The fourth-order valence-electron chi connectivity index (χ4n) is 2.16. The van der Waals surface area contributed by atoms with E-state index in [1.807, 2.05) is 37.5 Å². The van der Waals surface area contributed by atoms with E-state index in [9.17, 15) is 0 Å². The molecule has 0 bridgehead atoms. The van der Waals surface area contributed by atoms with Gasteiger partial charge in [0, 0.05) is 12.4 Å². The van der Waals surface area contributed by atoms with Crippen molar-refractivity contribution in [2.75, 3.05) is 6.61 Å². The van der Waals surface area contributed by atoms with Crippen molar-refractivity contribution in [3.63, 3.8) is 0 Å². The largest absolute Gasteiger partial charge is 0.492 e. The van der Waals surface area contributed by atoms with Crippen LogP contribution in [0.2, 0.25) is 0 Å². The van der Waals surface area contributed by atoms with Crippen LogP contribution >= 0.6 is 0 Å². The first-order chi connectivity index (χ1) is 9.33. The van der Waals surface area contributed by atoms with E-state index in [0.717, 1.165) is 18.1 Å². The molecule has 1 heterocycles. The van der Waals surface area contributed by atoms with Crippen molar-refractivity contribution in [1.82, 2.24) is 9.55 Å². The molecule has 0 fully saturated rings. The van der Waals surface area contributed by atoms with Gasteiger partial charge < -0.3 is 9.30 Å². The van der Waals surface area contributed by atoms with Gasteiger partial charge in [-0.05, 0) is 29.8 Å². The standard InChI is InChI=1S/C16H16N2O/c1-13-17-8-9-18(13)10-11-19-16-7-6-14-4-2-3-5-15(14)12-16/h2-9,12H,10-11H2,1H3. The third-order valence-corrected chi connectivity index (χ3v) is 3.25. The molecule has 0 radical (unpaired) electrons. The lowest BCUT2D eigenvalue weighted by molar-refractivity contribution is 0.297. The van der Waals surface area contributed by atoms with Gasteiger partial charge in [0.05, 0.1) is 6.54 Å². The van der Waals surface area contributed by atoms with Crippen LogP contribution in [0.4, 0.5) is 0 Å². The second-order valence-corrected chi connectivity index (χ2v) is 4.53. The molecular formula is C16H16N2O. The van der Waals surface area contributed by atoms with Gasteiger partial charge >= 0.3 is 0 Å². The molecule has 3 nitrogen and oxygen atoms in total. The number of benzene rings is 2. The van der Waals surface area contributed by atoms with Gasteiger partial charge in [-0.25, -0.2) is 4.98 Å². The SMILES string of the molecule is Cc1nccn1CCOc1ccc2ccccc2c1. The Hall–Kier alpha value is -2.29. The van der Waals surface area contributed by atoms with Gasteiger partial charge in [0.2, 0.25) is 0 Å². The van der Waals surface area contributed by atoms with Crippen molar-refractivity contribution in [3.05, 3.63) is 60.7 Å². The van der Waals surface area contributed by atoms with Crippen molar-refractivity contribution in [1.29, 1.82) is 0 Å². The number of ether oxygens (including phenoxy) is 1. The van der Waals surface area contributed by atoms with Gasteiger partial charge in [0.25, 0.3) is 0 Å². The third-order valence-electron chi connectivity index (χ3n) is 3.25. The second kappa shape index (κ2) is 5.14. The van der Waals surface area contributed by atoms with Crippen molar-refractivity contribution in [3.8, 4) is 5.75 Å². The smallest absolute Gasteiger partial charge is 0.120 e. The molecule has 1 aromatic heterocycles. The zero-order valence-electron chi connectivity index (χ0n) is 10.9. The summed E-state index contributed by atoms with van der Waals surface area (Å²) >= 11 is 0. The minimum absolute atomic E-state index is 0.648. The van der Waals surface area contributed by atoms with E-state index in [-0.39, 0.29) is 0 Å². The van der Waals surface area contributed by atoms with E-state index in [0.29, 0.717) is 6.61 Å². The lowest BCUT2D eigenvalue weighted by Gasteiger charge is -2.09.